The van der Waals surface area contributed by atoms with E-state index in [-0.39, 0.29) is 24.9 Å². The molecule has 1 aromatic heterocycles. The van der Waals surface area contributed by atoms with Gasteiger partial charge in [-0.1, -0.05) is 51.9 Å². The summed E-state index contributed by atoms with van der Waals surface area (Å²) in [4.78, 5) is 22.8. The van der Waals surface area contributed by atoms with E-state index in [0.29, 0.717) is 5.56 Å². The van der Waals surface area contributed by atoms with Gasteiger partial charge in [-0.2, -0.15) is 4.57 Å². The first-order chi connectivity index (χ1) is 11.1. The summed E-state index contributed by atoms with van der Waals surface area (Å²) in [5.41, 5.74) is 5.62. The molecule has 3 N–H and O–H groups in total. The second-order valence-electron chi connectivity index (χ2n) is 5.95. The number of nitrogens with two attached hydrogens (primary N) is 1. The van der Waals surface area contributed by atoms with Gasteiger partial charge < -0.3 is 23.5 Å². The van der Waals surface area contributed by atoms with Crippen LogP contribution >= 0.6 is 0 Å². The molecule has 0 bridgehead atoms. The largest absolute Gasteiger partial charge is 1.00 e. The Morgan fingerprint density at radius 2 is 1.54 bits per heavy atom. The summed E-state index contributed by atoms with van der Waals surface area (Å²) in [6.07, 6.45) is 13.4. The zero-order chi connectivity index (χ0) is 16.9. The lowest BCUT2D eigenvalue weighted by Gasteiger charge is -2.04. The number of hydrogen-bond acceptors (Lipinski definition) is 2. The van der Waals surface area contributed by atoms with Crippen LogP contribution in [0.15, 0.2) is 24.5 Å². The molecule has 0 spiro atoms. The Morgan fingerprint density at radius 3 is 2.08 bits per heavy atom. The van der Waals surface area contributed by atoms with E-state index < -0.39 is 5.91 Å². The maximum atomic E-state index is 11.8. The second kappa shape index (κ2) is 13.8. The first-order valence-electron chi connectivity index (χ1n) is 8.69. The van der Waals surface area contributed by atoms with Crippen molar-refractivity contribution < 1.29 is 26.6 Å². The summed E-state index contributed by atoms with van der Waals surface area (Å²) < 4.78 is 1.73. The highest BCUT2D eigenvalue weighted by Crippen LogP contribution is 2.07. The highest BCUT2D eigenvalue weighted by Gasteiger charge is 2.09. The molecule has 0 atom stereocenters. The predicted octanol–water partition coefficient (Wildman–Crippen LogP) is -0.666. The summed E-state index contributed by atoms with van der Waals surface area (Å²) in [6, 6.07) is 3.24. The zero-order valence-corrected chi connectivity index (χ0v) is 15.4. The normalized spacial score (nSPS) is 10.0. The highest BCUT2D eigenvalue weighted by atomic mass is 35.5. The van der Waals surface area contributed by atoms with Gasteiger partial charge in [-0.25, -0.2) is 0 Å². The fraction of sp³-hybridized carbons (Fsp3) is 0.611. The van der Waals surface area contributed by atoms with Gasteiger partial charge in [0, 0.05) is 18.7 Å². The average Bonchev–Trinajstić information content (AvgIpc) is 2.54. The van der Waals surface area contributed by atoms with Gasteiger partial charge in [0.25, 0.3) is 5.91 Å². The van der Waals surface area contributed by atoms with Crippen LogP contribution in [0.5, 0.6) is 0 Å². The summed E-state index contributed by atoms with van der Waals surface area (Å²) in [5.74, 6) is -0.471. The van der Waals surface area contributed by atoms with Crippen molar-refractivity contribution in [2.45, 2.75) is 64.8 Å². The van der Waals surface area contributed by atoms with Gasteiger partial charge in [-0.3, -0.25) is 9.59 Å². The maximum absolute atomic E-state index is 11.8. The molecule has 0 saturated carbocycles. The van der Waals surface area contributed by atoms with Crippen LogP contribution in [0.4, 0.5) is 0 Å². The highest BCUT2D eigenvalue weighted by molar-refractivity contribution is 5.92. The predicted molar refractivity (Wildman–Crippen MR) is 90.8 cm³/mol. The van der Waals surface area contributed by atoms with Crippen molar-refractivity contribution in [2.75, 3.05) is 6.54 Å². The molecule has 136 valence electrons. The van der Waals surface area contributed by atoms with E-state index in [9.17, 15) is 9.59 Å². The van der Waals surface area contributed by atoms with Crippen molar-refractivity contribution >= 4 is 11.8 Å². The second-order valence-corrected chi connectivity index (χ2v) is 5.95. The Morgan fingerprint density at radius 1 is 1.00 bits per heavy atom. The Balaban J connectivity index is 0.00000529. The molecule has 0 aliphatic rings. The van der Waals surface area contributed by atoms with Crippen LogP contribution in [0, 0.1) is 0 Å². The molecule has 1 heterocycles. The quantitative estimate of drug-likeness (QED) is 0.385. The molecule has 6 heteroatoms. The van der Waals surface area contributed by atoms with Crippen molar-refractivity contribution in [2.24, 2.45) is 5.73 Å². The van der Waals surface area contributed by atoms with Gasteiger partial charge in [0.15, 0.2) is 12.4 Å². The number of amides is 2. The smallest absolute Gasteiger partial charge is 0.285 e. The summed E-state index contributed by atoms with van der Waals surface area (Å²) in [5, 5.41) is 2.93. The fourth-order valence-electron chi connectivity index (χ4n) is 2.44. The SMILES string of the molecule is CCCCCCCCCCNC(=O)C[n+]1ccc(C(N)=O)cc1.[Cl-]. The molecule has 0 aliphatic heterocycles. The first-order valence-corrected chi connectivity index (χ1v) is 8.69. The summed E-state index contributed by atoms with van der Waals surface area (Å²) in [6.45, 7) is 3.22. The molecular weight excluding hydrogens is 326 g/mol. The number of pyridine rings is 1. The third kappa shape index (κ3) is 10.2. The lowest BCUT2D eigenvalue weighted by molar-refractivity contribution is -0.684. The van der Waals surface area contributed by atoms with Gasteiger partial charge >= 0.3 is 0 Å². The van der Waals surface area contributed by atoms with Gasteiger partial charge in [0.1, 0.15) is 0 Å². The Kier molecular flexibility index (Phi) is 12.9. The molecule has 0 saturated heterocycles. The number of carbonyl (C=O) groups is 2. The van der Waals surface area contributed by atoms with Crippen LogP contribution < -0.4 is 28.0 Å². The Labute approximate surface area is 151 Å². The maximum Gasteiger partial charge on any atom is 0.285 e. The molecule has 0 unspecified atom stereocenters. The molecule has 5 nitrogen and oxygen atoms in total. The molecule has 0 aromatic carbocycles. The third-order valence-electron chi connectivity index (χ3n) is 3.85. The van der Waals surface area contributed by atoms with E-state index in [2.05, 4.69) is 12.2 Å². The molecule has 0 aliphatic carbocycles. The number of aromatic nitrogens is 1. The number of nitrogens with zero attached hydrogens (tertiary/aromatic N) is 1. The van der Waals surface area contributed by atoms with E-state index >= 15 is 0 Å². The van der Waals surface area contributed by atoms with Crippen LogP contribution in [0.3, 0.4) is 0 Å². The van der Waals surface area contributed by atoms with Gasteiger partial charge in [0.05, 0.1) is 5.56 Å². The van der Waals surface area contributed by atoms with E-state index in [4.69, 9.17) is 5.73 Å². The number of primary amides is 1. The number of unbranched alkanes of at least 4 members (excludes halogenated alkanes) is 7. The van der Waals surface area contributed by atoms with E-state index in [1.807, 2.05) is 0 Å². The Bertz CT molecular complexity index is 478. The van der Waals surface area contributed by atoms with Crippen molar-refractivity contribution in [3.63, 3.8) is 0 Å². The van der Waals surface area contributed by atoms with Gasteiger partial charge in [0.2, 0.25) is 12.5 Å². The number of halogens is 1. The lowest BCUT2D eigenvalue weighted by atomic mass is 10.1. The van der Waals surface area contributed by atoms with Crippen LogP contribution in [0.2, 0.25) is 0 Å². The van der Waals surface area contributed by atoms with Crippen molar-refractivity contribution in [1.82, 2.24) is 5.32 Å². The monoisotopic (exact) mass is 355 g/mol. The molecular formula is C18H30ClN3O2. The molecule has 2 amide bonds. The average molecular weight is 356 g/mol. The lowest BCUT2D eigenvalue weighted by Crippen LogP contribution is -3.00. The van der Waals surface area contributed by atoms with E-state index in [1.54, 1.807) is 29.1 Å². The molecule has 0 radical (unpaired) electrons. The first kappa shape index (κ1) is 22.4. The number of nitrogens with one attached hydrogen (secondary N) is 1. The zero-order valence-electron chi connectivity index (χ0n) is 14.6. The number of rotatable bonds is 12. The van der Waals surface area contributed by atoms with E-state index in [1.165, 1.54) is 44.9 Å². The minimum atomic E-state index is -0.462. The van der Waals surface area contributed by atoms with Gasteiger partial charge in [-0.15, -0.1) is 0 Å². The molecule has 0 fully saturated rings. The van der Waals surface area contributed by atoms with Crippen molar-refractivity contribution in [3.8, 4) is 0 Å². The minimum absolute atomic E-state index is 0. The minimum Gasteiger partial charge on any atom is -1.00 e. The number of carbonyl (C=O) groups excluding carboxylic acids is 2. The van der Waals surface area contributed by atoms with E-state index in [0.717, 1.165) is 13.0 Å². The van der Waals surface area contributed by atoms with Crippen LogP contribution in [-0.4, -0.2) is 18.4 Å². The van der Waals surface area contributed by atoms with Crippen LogP contribution in [0.1, 0.15) is 68.6 Å². The van der Waals surface area contributed by atoms with Crippen molar-refractivity contribution in [3.05, 3.63) is 30.1 Å². The van der Waals surface area contributed by atoms with Crippen LogP contribution in [0.25, 0.3) is 0 Å². The summed E-state index contributed by atoms with van der Waals surface area (Å²) >= 11 is 0. The molecule has 1 aromatic rings. The fourth-order valence-corrected chi connectivity index (χ4v) is 2.44. The molecule has 24 heavy (non-hydrogen) atoms. The topological polar surface area (TPSA) is 76.1 Å². The summed E-state index contributed by atoms with van der Waals surface area (Å²) in [7, 11) is 0. The van der Waals surface area contributed by atoms with Gasteiger partial charge in [-0.05, 0) is 6.42 Å². The number of hydrogen-bond donors (Lipinski definition) is 2. The van der Waals surface area contributed by atoms with Crippen molar-refractivity contribution in [1.29, 1.82) is 0 Å². The third-order valence-corrected chi connectivity index (χ3v) is 3.85. The Hall–Kier alpha value is -1.62. The van der Waals surface area contributed by atoms with Crippen LogP contribution in [-0.2, 0) is 11.3 Å². The standard InChI is InChI=1S/C18H29N3O2.ClH/c1-2-3-4-5-6-7-8-9-12-20-17(22)15-21-13-10-16(11-14-21)18(19)23;/h10-11,13-14H,2-9,12,15H2,1H3,(H2-,19,20,22,23);1H. The molecule has 1 rings (SSSR count).